The smallest absolute Gasteiger partial charge is 0.0554 e. The molecule has 1 aromatic rings. The highest BCUT2D eigenvalue weighted by Crippen LogP contribution is 2.16. The fourth-order valence-corrected chi connectivity index (χ4v) is 1.82. The molecule has 0 amide bonds. The van der Waals surface area contributed by atoms with Crippen molar-refractivity contribution in [2.75, 3.05) is 0 Å². The van der Waals surface area contributed by atoms with E-state index in [0.29, 0.717) is 6.54 Å². The number of hydrogen-bond donors (Lipinski definition) is 2. The topological polar surface area (TPSA) is 32.3 Å². The van der Waals surface area contributed by atoms with Crippen molar-refractivity contribution < 1.29 is 5.21 Å². The molecule has 0 bridgehead atoms. The van der Waals surface area contributed by atoms with Gasteiger partial charge in [-0.05, 0) is 23.4 Å². The molecule has 0 aliphatic rings. The number of hydrogen-bond acceptors (Lipinski definition) is 3. The van der Waals surface area contributed by atoms with Crippen LogP contribution in [0.5, 0.6) is 0 Å². The Morgan fingerprint density at radius 3 is 3.10 bits per heavy atom. The first-order valence-electron chi connectivity index (χ1n) is 3.30. The molecule has 0 fully saturated rings. The number of thiophene rings is 1. The lowest BCUT2D eigenvalue weighted by molar-refractivity contribution is 0.162. The Kier molecular flexibility index (Phi) is 2.86. The summed E-state index contributed by atoms with van der Waals surface area (Å²) in [4.78, 5) is 1.23. The monoisotopic (exact) mass is 157 g/mol. The number of nitrogens with one attached hydrogen (secondary N) is 1. The zero-order valence-electron chi connectivity index (χ0n) is 5.92. The van der Waals surface area contributed by atoms with E-state index in [1.54, 1.807) is 11.3 Å². The summed E-state index contributed by atoms with van der Waals surface area (Å²) in [7, 11) is 0. The van der Waals surface area contributed by atoms with Gasteiger partial charge in [-0.1, -0.05) is 6.92 Å². The molecule has 0 saturated heterocycles. The minimum absolute atomic E-state index is 0.570. The van der Waals surface area contributed by atoms with E-state index >= 15 is 0 Å². The fraction of sp³-hybridized carbons (Fsp3) is 0.429. The molecule has 56 valence electrons. The average Bonchev–Trinajstić information content (AvgIpc) is 2.36. The molecule has 0 spiro atoms. The van der Waals surface area contributed by atoms with Crippen LogP contribution in [-0.4, -0.2) is 5.21 Å². The zero-order chi connectivity index (χ0) is 7.40. The Morgan fingerprint density at radius 1 is 1.70 bits per heavy atom. The predicted octanol–water partition coefficient (Wildman–Crippen LogP) is 1.79. The van der Waals surface area contributed by atoms with Gasteiger partial charge in [-0.15, -0.1) is 11.3 Å². The second-order valence-corrected chi connectivity index (χ2v) is 3.06. The summed E-state index contributed by atoms with van der Waals surface area (Å²) in [5, 5.41) is 10.5. The van der Waals surface area contributed by atoms with Crippen LogP contribution in [-0.2, 0) is 13.0 Å². The van der Waals surface area contributed by atoms with Crippen molar-refractivity contribution in [2.45, 2.75) is 19.9 Å². The summed E-state index contributed by atoms with van der Waals surface area (Å²) in [6.45, 7) is 2.68. The molecular weight excluding hydrogens is 146 g/mol. The normalized spacial score (nSPS) is 10.2. The molecule has 10 heavy (non-hydrogen) atoms. The van der Waals surface area contributed by atoms with Crippen molar-refractivity contribution in [1.29, 1.82) is 0 Å². The molecule has 0 radical (unpaired) electrons. The largest absolute Gasteiger partial charge is 0.316 e. The third kappa shape index (κ3) is 1.56. The van der Waals surface area contributed by atoms with Gasteiger partial charge in [-0.3, -0.25) is 0 Å². The molecule has 0 aliphatic carbocycles. The lowest BCUT2D eigenvalue weighted by Gasteiger charge is -1.97. The molecular formula is C7H11NOS. The molecule has 0 unspecified atom stereocenters. The van der Waals surface area contributed by atoms with E-state index in [0.717, 1.165) is 6.42 Å². The van der Waals surface area contributed by atoms with E-state index in [1.807, 2.05) is 5.38 Å². The lowest BCUT2D eigenvalue weighted by Crippen LogP contribution is -2.05. The number of rotatable bonds is 3. The standard InChI is InChI=1S/C7H11NOS/c1-2-6-3-4-10-7(6)5-8-9/h3-4,8-9H,2,5H2,1H3. The van der Waals surface area contributed by atoms with E-state index in [4.69, 9.17) is 5.21 Å². The van der Waals surface area contributed by atoms with E-state index in [1.165, 1.54) is 10.4 Å². The van der Waals surface area contributed by atoms with Crippen LogP contribution >= 0.6 is 11.3 Å². The van der Waals surface area contributed by atoms with Gasteiger partial charge < -0.3 is 5.21 Å². The van der Waals surface area contributed by atoms with E-state index in [2.05, 4.69) is 18.5 Å². The molecule has 1 heterocycles. The zero-order valence-corrected chi connectivity index (χ0v) is 6.74. The maximum atomic E-state index is 8.41. The molecule has 0 aromatic carbocycles. The highest BCUT2D eigenvalue weighted by atomic mass is 32.1. The third-order valence-corrected chi connectivity index (χ3v) is 2.42. The van der Waals surface area contributed by atoms with Gasteiger partial charge >= 0.3 is 0 Å². The maximum Gasteiger partial charge on any atom is 0.0554 e. The first-order chi connectivity index (χ1) is 4.88. The minimum Gasteiger partial charge on any atom is -0.316 e. The molecule has 2 nitrogen and oxygen atoms in total. The van der Waals surface area contributed by atoms with E-state index in [-0.39, 0.29) is 0 Å². The molecule has 1 aromatic heterocycles. The van der Waals surface area contributed by atoms with Crippen molar-refractivity contribution in [2.24, 2.45) is 0 Å². The van der Waals surface area contributed by atoms with Crippen molar-refractivity contribution in [3.8, 4) is 0 Å². The van der Waals surface area contributed by atoms with Gasteiger partial charge in [0.05, 0.1) is 6.54 Å². The summed E-state index contributed by atoms with van der Waals surface area (Å²) in [6, 6.07) is 2.09. The fourth-order valence-electron chi connectivity index (χ4n) is 0.909. The highest BCUT2D eigenvalue weighted by Gasteiger charge is 1.99. The molecule has 3 heteroatoms. The second kappa shape index (κ2) is 3.71. The van der Waals surface area contributed by atoms with Crippen molar-refractivity contribution >= 4 is 11.3 Å². The minimum atomic E-state index is 0.570. The van der Waals surface area contributed by atoms with Gasteiger partial charge in [0.1, 0.15) is 0 Å². The van der Waals surface area contributed by atoms with Gasteiger partial charge in [0.15, 0.2) is 0 Å². The lowest BCUT2D eigenvalue weighted by atomic mass is 10.2. The van der Waals surface area contributed by atoms with E-state index in [9.17, 15) is 0 Å². The van der Waals surface area contributed by atoms with Gasteiger partial charge in [0.25, 0.3) is 0 Å². The Hall–Kier alpha value is -0.380. The number of aryl methyl sites for hydroxylation is 1. The van der Waals surface area contributed by atoms with Gasteiger partial charge in [-0.2, -0.15) is 0 Å². The van der Waals surface area contributed by atoms with Crippen molar-refractivity contribution in [3.63, 3.8) is 0 Å². The predicted molar refractivity (Wildman–Crippen MR) is 42.3 cm³/mol. The van der Waals surface area contributed by atoms with Crippen LogP contribution < -0.4 is 5.48 Å². The van der Waals surface area contributed by atoms with Gasteiger partial charge in [0, 0.05) is 4.88 Å². The van der Waals surface area contributed by atoms with Crippen LogP contribution in [0.4, 0.5) is 0 Å². The van der Waals surface area contributed by atoms with Crippen molar-refractivity contribution in [3.05, 3.63) is 21.9 Å². The van der Waals surface area contributed by atoms with Crippen LogP contribution in [0.2, 0.25) is 0 Å². The Balaban J connectivity index is 2.70. The highest BCUT2D eigenvalue weighted by molar-refractivity contribution is 7.10. The van der Waals surface area contributed by atoms with Gasteiger partial charge in [-0.25, -0.2) is 5.48 Å². The quantitative estimate of drug-likeness (QED) is 0.656. The second-order valence-electron chi connectivity index (χ2n) is 2.06. The molecule has 0 saturated carbocycles. The Bertz CT molecular complexity index is 197. The first kappa shape index (κ1) is 7.72. The molecule has 1 rings (SSSR count). The van der Waals surface area contributed by atoms with Gasteiger partial charge in [0.2, 0.25) is 0 Å². The van der Waals surface area contributed by atoms with Crippen LogP contribution in [0.15, 0.2) is 11.4 Å². The molecule has 0 aliphatic heterocycles. The van der Waals surface area contributed by atoms with Crippen LogP contribution in [0.3, 0.4) is 0 Å². The summed E-state index contributed by atoms with van der Waals surface area (Å²) in [5.41, 5.74) is 3.48. The van der Waals surface area contributed by atoms with Crippen molar-refractivity contribution in [1.82, 2.24) is 5.48 Å². The summed E-state index contributed by atoms with van der Waals surface area (Å²) in [5.74, 6) is 0. The Morgan fingerprint density at radius 2 is 2.50 bits per heavy atom. The summed E-state index contributed by atoms with van der Waals surface area (Å²) in [6.07, 6.45) is 1.04. The summed E-state index contributed by atoms with van der Waals surface area (Å²) >= 11 is 1.68. The van der Waals surface area contributed by atoms with E-state index < -0.39 is 0 Å². The molecule has 2 N–H and O–H groups in total. The van der Waals surface area contributed by atoms with Crippen LogP contribution in [0.1, 0.15) is 17.4 Å². The average molecular weight is 157 g/mol. The Labute approximate surface area is 64.5 Å². The van der Waals surface area contributed by atoms with Crippen LogP contribution in [0, 0.1) is 0 Å². The first-order valence-corrected chi connectivity index (χ1v) is 4.18. The van der Waals surface area contributed by atoms with Crippen LogP contribution in [0.25, 0.3) is 0 Å². The SMILES string of the molecule is CCc1ccsc1CNO. The maximum absolute atomic E-state index is 8.41. The summed E-state index contributed by atoms with van der Waals surface area (Å²) < 4.78 is 0. The third-order valence-electron chi connectivity index (χ3n) is 1.46. The number of hydroxylamine groups is 1. The molecule has 0 atom stereocenters.